The first kappa shape index (κ1) is 16.2. The van der Waals surface area contributed by atoms with Crippen molar-refractivity contribution in [2.75, 3.05) is 11.9 Å². The van der Waals surface area contributed by atoms with Crippen LogP contribution in [-0.2, 0) is 16.0 Å². The Hall–Kier alpha value is -2.21. The molecule has 6 nitrogen and oxygen atoms in total. The molecule has 2 rings (SSSR count). The van der Waals surface area contributed by atoms with Gasteiger partial charge in [-0.15, -0.1) is 0 Å². The summed E-state index contributed by atoms with van der Waals surface area (Å²) in [6.07, 6.45) is 2.16. The van der Waals surface area contributed by atoms with Crippen molar-refractivity contribution in [2.45, 2.75) is 20.3 Å². The predicted octanol–water partition coefficient (Wildman–Crippen LogP) is 2.61. The van der Waals surface area contributed by atoms with Crippen molar-refractivity contribution in [2.24, 2.45) is 5.92 Å². The average Bonchev–Trinajstić information content (AvgIpc) is 2.85. The van der Waals surface area contributed by atoms with Crippen molar-refractivity contribution in [1.29, 1.82) is 0 Å². The number of carbonyl (C=O) groups excluding carboxylic acids is 2. The van der Waals surface area contributed by atoms with E-state index in [2.05, 4.69) is 30.0 Å². The van der Waals surface area contributed by atoms with E-state index in [0.717, 1.165) is 12.0 Å². The van der Waals surface area contributed by atoms with Crippen LogP contribution in [0, 0.1) is 5.92 Å². The molecule has 1 aliphatic heterocycles. The Morgan fingerprint density at radius 1 is 1.41 bits per heavy atom. The molecule has 0 spiro atoms. The molecular formula is C15H18ClN3O3. The zero-order valence-electron chi connectivity index (χ0n) is 12.4. The van der Waals surface area contributed by atoms with Crippen molar-refractivity contribution < 1.29 is 14.3 Å². The lowest BCUT2D eigenvalue weighted by atomic mass is 10.0. The monoisotopic (exact) mass is 323 g/mol. The van der Waals surface area contributed by atoms with Gasteiger partial charge in [-0.05, 0) is 30.0 Å². The third-order valence-electron chi connectivity index (χ3n) is 2.94. The maximum Gasteiger partial charge on any atom is 0.337 e. The first-order valence-electron chi connectivity index (χ1n) is 6.93. The zero-order valence-corrected chi connectivity index (χ0v) is 13.2. The quantitative estimate of drug-likeness (QED) is 0.575. The summed E-state index contributed by atoms with van der Waals surface area (Å²) in [6, 6.07) is 4.94. The summed E-state index contributed by atoms with van der Waals surface area (Å²) in [5, 5.41) is 3.27. The van der Waals surface area contributed by atoms with Crippen LogP contribution in [0.15, 0.2) is 30.0 Å². The van der Waals surface area contributed by atoms with E-state index in [1.807, 2.05) is 6.07 Å². The molecule has 0 saturated carbocycles. The van der Waals surface area contributed by atoms with Gasteiger partial charge in [-0.2, -0.15) is 0 Å². The number of hydrazine groups is 1. The second-order valence-corrected chi connectivity index (χ2v) is 5.79. The number of hydrogen-bond donors (Lipinski definition) is 3. The van der Waals surface area contributed by atoms with Gasteiger partial charge in [0.2, 0.25) is 0 Å². The van der Waals surface area contributed by atoms with E-state index in [4.69, 9.17) is 16.3 Å². The number of anilines is 1. The number of amides is 2. The Labute approximate surface area is 133 Å². The predicted molar refractivity (Wildman–Crippen MR) is 84.3 cm³/mol. The highest BCUT2D eigenvalue weighted by Crippen LogP contribution is 2.23. The van der Waals surface area contributed by atoms with Crippen LogP contribution in [0.4, 0.5) is 10.5 Å². The second kappa shape index (κ2) is 7.17. The van der Waals surface area contributed by atoms with Crippen LogP contribution < -0.4 is 16.2 Å². The molecule has 0 bridgehead atoms. The molecule has 0 aromatic heterocycles. The molecule has 22 heavy (non-hydrogen) atoms. The topological polar surface area (TPSA) is 79.5 Å². The molecule has 2 amide bonds. The number of rotatable bonds is 5. The molecule has 1 aliphatic rings. The van der Waals surface area contributed by atoms with Gasteiger partial charge in [0.25, 0.3) is 0 Å². The highest BCUT2D eigenvalue weighted by molar-refractivity contribution is 6.31. The first-order valence-corrected chi connectivity index (χ1v) is 7.30. The van der Waals surface area contributed by atoms with Crippen molar-refractivity contribution in [3.8, 4) is 0 Å². The lowest BCUT2D eigenvalue weighted by molar-refractivity contribution is -0.134. The lowest BCUT2D eigenvalue weighted by Gasteiger charge is -2.12. The average molecular weight is 324 g/mol. The largest absolute Gasteiger partial charge is 0.456 e. The highest BCUT2D eigenvalue weighted by atomic mass is 35.5. The van der Waals surface area contributed by atoms with Crippen molar-refractivity contribution >= 4 is 29.3 Å². The van der Waals surface area contributed by atoms with Gasteiger partial charge in [0.1, 0.15) is 6.61 Å². The number of ether oxygens (including phenoxy) is 1. The molecule has 1 aromatic carbocycles. The SMILES string of the molecule is CC(C)Cc1ccc(NC(=O)NNC2=CC(=O)OC2)cc1Cl. The van der Waals surface area contributed by atoms with E-state index in [0.29, 0.717) is 22.3 Å². The fraction of sp³-hybridized carbons (Fsp3) is 0.333. The van der Waals surface area contributed by atoms with E-state index in [-0.39, 0.29) is 6.61 Å². The Balaban J connectivity index is 1.87. The summed E-state index contributed by atoms with van der Waals surface area (Å²) in [7, 11) is 0. The number of halogens is 1. The molecular weight excluding hydrogens is 306 g/mol. The molecule has 0 saturated heterocycles. The second-order valence-electron chi connectivity index (χ2n) is 5.39. The molecule has 1 heterocycles. The van der Waals surface area contributed by atoms with Crippen LogP contribution in [0.3, 0.4) is 0 Å². The van der Waals surface area contributed by atoms with Crippen LogP contribution in [0.1, 0.15) is 19.4 Å². The van der Waals surface area contributed by atoms with Crippen LogP contribution >= 0.6 is 11.6 Å². The molecule has 0 unspecified atom stereocenters. The van der Waals surface area contributed by atoms with Gasteiger partial charge in [-0.25, -0.2) is 9.59 Å². The van der Waals surface area contributed by atoms with E-state index >= 15 is 0 Å². The third kappa shape index (κ3) is 4.66. The first-order chi connectivity index (χ1) is 10.4. The lowest BCUT2D eigenvalue weighted by Crippen LogP contribution is -2.40. The van der Waals surface area contributed by atoms with Crippen LogP contribution in [0.25, 0.3) is 0 Å². The van der Waals surface area contributed by atoms with E-state index in [9.17, 15) is 9.59 Å². The molecule has 118 valence electrons. The van der Waals surface area contributed by atoms with Gasteiger partial charge in [0.05, 0.1) is 5.70 Å². The Bertz CT molecular complexity index is 614. The minimum atomic E-state index is -0.465. The molecule has 0 atom stereocenters. The van der Waals surface area contributed by atoms with Gasteiger partial charge in [0.15, 0.2) is 0 Å². The number of esters is 1. The summed E-state index contributed by atoms with van der Waals surface area (Å²) in [6.45, 7) is 4.36. The molecule has 0 radical (unpaired) electrons. The Morgan fingerprint density at radius 3 is 2.77 bits per heavy atom. The summed E-state index contributed by atoms with van der Waals surface area (Å²) in [5.74, 6) is 0.0747. The minimum Gasteiger partial charge on any atom is -0.456 e. The summed E-state index contributed by atoms with van der Waals surface area (Å²) >= 11 is 6.20. The van der Waals surface area contributed by atoms with Gasteiger partial charge in [-0.3, -0.25) is 10.9 Å². The number of benzene rings is 1. The fourth-order valence-electron chi connectivity index (χ4n) is 1.98. The van der Waals surface area contributed by atoms with Crippen LogP contribution in [0.5, 0.6) is 0 Å². The Morgan fingerprint density at radius 2 is 2.18 bits per heavy atom. The van der Waals surface area contributed by atoms with E-state index in [1.54, 1.807) is 12.1 Å². The number of urea groups is 1. The molecule has 3 N–H and O–H groups in total. The van der Waals surface area contributed by atoms with Gasteiger partial charge < -0.3 is 10.1 Å². The zero-order chi connectivity index (χ0) is 16.1. The molecule has 7 heteroatoms. The summed E-state index contributed by atoms with van der Waals surface area (Å²) < 4.78 is 4.69. The standard InChI is InChI=1S/C15H18ClN3O3/c1-9(2)5-10-3-4-11(6-13(10)16)17-15(21)19-18-12-7-14(20)22-8-12/h3-4,6-7,9,18H,5,8H2,1-2H3,(H2,17,19,21). The van der Waals surface area contributed by atoms with Crippen LogP contribution in [-0.4, -0.2) is 18.6 Å². The summed E-state index contributed by atoms with van der Waals surface area (Å²) in [4.78, 5) is 22.6. The van der Waals surface area contributed by atoms with E-state index < -0.39 is 12.0 Å². The van der Waals surface area contributed by atoms with Crippen molar-refractivity contribution in [3.63, 3.8) is 0 Å². The highest BCUT2D eigenvalue weighted by Gasteiger charge is 2.13. The fourth-order valence-corrected chi connectivity index (χ4v) is 2.23. The molecule has 0 fully saturated rings. The van der Waals surface area contributed by atoms with Gasteiger partial charge >= 0.3 is 12.0 Å². The maximum atomic E-state index is 11.7. The smallest absolute Gasteiger partial charge is 0.337 e. The maximum absolute atomic E-state index is 11.7. The van der Waals surface area contributed by atoms with E-state index in [1.165, 1.54) is 6.08 Å². The number of hydrogen-bond acceptors (Lipinski definition) is 4. The number of cyclic esters (lactones) is 1. The van der Waals surface area contributed by atoms with Crippen molar-refractivity contribution in [1.82, 2.24) is 10.9 Å². The molecule has 0 aliphatic carbocycles. The summed E-state index contributed by atoms with van der Waals surface area (Å²) in [5.41, 5.74) is 7.15. The van der Waals surface area contributed by atoms with Gasteiger partial charge in [0, 0.05) is 16.8 Å². The number of nitrogens with one attached hydrogen (secondary N) is 3. The van der Waals surface area contributed by atoms with Gasteiger partial charge in [-0.1, -0.05) is 31.5 Å². The normalized spacial score (nSPS) is 13.6. The minimum absolute atomic E-state index is 0.120. The Kier molecular flexibility index (Phi) is 5.27. The molecule has 1 aromatic rings. The third-order valence-corrected chi connectivity index (χ3v) is 3.29. The van der Waals surface area contributed by atoms with Crippen LogP contribution in [0.2, 0.25) is 5.02 Å². The number of carbonyl (C=O) groups is 2. The van der Waals surface area contributed by atoms with Crippen molar-refractivity contribution in [3.05, 3.63) is 40.6 Å².